The average Bonchev–Trinajstić information content (AvgIpc) is 3.36. The summed E-state index contributed by atoms with van der Waals surface area (Å²) in [4.78, 5) is 30.3. The first-order valence-electron chi connectivity index (χ1n) is 12.3. The maximum atomic E-state index is 13.6. The maximum Gasteiger partial charge on any atom is 0.344 e. The lowest BCUT2D eigenvalue weighted by atomic mass is 10.2. The molecule has 41 heavy (non-hydrogen) atoms. The van der Waals surface area contributed by atoms with Crippen LogP contribution in [0.25, 0.3) is 33.5 Å². The number of ether oxygens (including phenoxy) is 3. The number of nitrogens with zero attached hydrogens (tertiary/aromatic N) is 3. The summed E-state index contributed by atoms with van der Waals surface area (Å²) in [6.07, 6.45) is 1.23. The highest BCUT2D eigenvalue weighted by Gasteiger charge is 2.20. The van der Waals surface area contributed by atoms with Crippen LogP contribution in [0.1, 0.15) is 19.4 Å². The van der Waals surface area contributed by atoms with Crippen molar-refractivity contribution in [3.8, 4) is 23.1 Å². The van der Waals surface area contributed by atoms with Crippen LogP contribution in [-0.4, -0.2) is 41.7 Å². The second-order valence-corrected chi connectivity index (χ2v) is 11.6. The smallest absolute Gasteiger partial charge is 0.344 e. The van der Waals surface area contributed by atoms with Crippen molar-refractivity contribution in [3.63, 3.8) is 0 Å². The maximum absolute atomic E-state index is 13.6. The van der Waals surface area contributed by atoms with E-state index in [0.717, 1.165) is 9.86 Å². The minimum absolute atomic E-state index is 0.239. The van der Waals surface area contributed by atoms with Gasteiger partial charge in [0.05, 0.1) is 34.8 Å². The second-order valence-electron chi connectivity index (χ2n) is 9.06. The molecule has 0 amide bonds. The number of furan rings is 1. The van der Waals surface area contributed by atoms with Gasteiger partial charge < -0.3 is 18.6 Å². The van der Waals surface area contributed by atoms with E-state index in [1.54, 1.807) is 38.1 Å². The van der Waals surface area contributed by atoms with Gasteiger partial charge in [0.2, 0.25) is 5.82 Å². The van der Waals surface area contributed by atoms with Crippen LogP contribution in [0, 0.1) is 0 Å². The van der Waals surface area contributed by atoms with Gasteiger partial charge in [0, 0.05) is 19.9 Å². The molecule has 3 aromatic carbocycles. The first kappa shape index (κ1) is 29.0. The Bertz CT molecular complexity index is 1880. The number of esters is 1. The van der Waals surface area contributed by atoms with E-state index < -0.39 is 5.97 Å². The molecule has 0 saturated heterocycles. The average molecular weight is 748 g/mol. The van der Waals surface area contributed by atoms with Crippen molar-refractivity contribution >= 4 is 81.8 Å². The number of fused-ring (bicyclic) bond motifs is 2. The molecule has 0 N–H and O–H groups in total. The fraction of sp³-hybridized carbons (Fsp3) is 0.172. The Morgan fingerprint density at radius 2 is 1.88 bits per heavy atom. The Kier molecular flexibility index (Phi) is 8.62. The highest BCUT2D eigenvalue weighted by molar-refractivity contribution is 9.13. The fourth-order valence-corrected chi connectivity index (χ4v) is 5.36. The summed E-state index contributed by atoms with van der Waals surface area (Å²) in [5, 5.41) is 5.78. The number of benzene rings is 3. The summed E-state index contributed by atoms with van der Waals surface area (Å²) in [6, 6.07) is 16.2. The number of carbonyl (C=O) groups excluding carboxylic acids is 1. The molecule has 2 aromatic heterocycles. The Morgan fingerprint density at radius 3 is 2.63 bits per heavy atom. The topological polar surface area (TPSA) is 105 Å². The van der Waals surface area contributed by atoms with E-state index in [9.17, 15) is 9.59 Å². The molecule has 0 fully saturated rings. The van der Waals surface area contributed by atoms with Crippen LogP contribution in [0.3, 0.4) is 0 Å². The zero-order chi connectivity index (χ0) is 29.3. The summed E-state index contributed by atoms with van der Waals surface area (Å²) in [6.45, 7) is 3.21. The zero-order valence-corrected chi connectivity index (χ0v) is 26.7. The Balaban J connectivity index is 1.59. The molecule has 0 radical (unpaired) electrons. The molecule has 9 nitrogen and oxygen atoms in total. The summed E-state index contributed by atoms with van der Waals surface area (Å²) in [7, 11) is 1.48. The standard InChI is InChI=1S/C29H22Br3N3O6/c1-15(2)40-24(36)14-39-27-22(38-3)12-17(25(31)26(27)32)13-33-35-28(34-20-7-5-4-6-19(20)29(35)37)23-11-16-10-18(30)8-9-21(16)41-23/h4-13,15H,14H2,1-3H3. The van der Waals surface area contributed by atoms with E-state index in [1.165, 1.54) is 18.0 Å². The molecule has 12 heteroatoms. The van der Waals surface area contributed by atoms with Gasteiger partial charge in [-0.3, -0.25) is 4.79 Å². The second kappa shape index (κ2) is 12.2. The molecular formula is C29H22Br3N3O6. The van der Waals surface area contributed by atoms with Crippen molar-refractivity contribution in [1.82, 2.24) is 9.66 Å². The van der Waals surface area contributed by atoms with Crippen LogP contribution < -0.4 is 15.0 Å². The molecule has 0 saturated carbocycles. The third-order valence-corrected chi connectivity index (χ3v) is 8.48. The number of methoxy groups -OCH3 is 1. The van der Waals surface area contributed by atoms with Gasteiger partial charge in [-0.15, -0.1) is 0 Å². The number of carbonyl (C=O) groups is 1. The molecule has 0 atom stereocenters. The molecule has 0 aliphatic carbocycles. The first-order chi connectivity index (χ1) is 19.7. The zero-order valence-electron chi connectivity index (χ0n) is 22.0. The predicted molar refractivity (Wildman–Crippen MR) is 167 cm³/mol. The van der Waals surface area contributed by atoms with Crippen LogP contribution in [0.2, 0.25) is 0 Å². The van der Waals surface area contributed by atoms with E-state index >= 15 is 0 Å². The van der Waals surface area contributed by atoms with E-state index in [-0.39, 0.29) is 24.1 Å². The monoisotopic (exact) mass is 745 g/mol. The molecule has 2 heterocycles. The van der Waals surface area contributed by atoms with Gasteiger partial charge in [-0.1, -0.05) is 28.1 Å². The lowest BCUT2D eigenvalue weighted by Crippen LogP contribution is -2.20. The van der Waals surface area contributed by atoms with Crippen molar-refractivity contribution in [1.29, 1.82) is 0 Å². The lowest BCUT2D eigenvalue weighted by Gasteiger charge is -2.15. The predicted octanol–water partition coefficient (Wildman–Crippen LogP) is 7.32. The quantitative estimate of drug-likeness (QED) is 0.121. The number of rotatable bonds is 8. The van der Waals surface area contributed by atoms with Crippen LogP contribution in [0.15, 0.2) is 82.3 Å². The van der Waals surface area contributed by atoms with Crippen LogP contribution in [0.5, 0.6) is 11.5 Å². The third kappa shape index (κ3) is 6.09. The highest BCUT2D eigenvalue weighted by atomic mass is 79.9. The molecule has 210 valence electrons. The summed E-state index contributed by atoms with van der Waals surface area (Å²) in [5.41, 5.74) is 1.36. The molecule has 0 spiro atoms. The normalized spacial score (nSPS) is 11.6. The SMILES string of the molecule is COc1cc(C=Nn2c(-c3cc4cc(Br)ccc4o3)nc3ccccc3c2=O)c(Br)c(Br)c1OCC(=O)OC(C)C. The summed E-state index contributed by atoms with van der Waals surface area (Å²) < 4.78 is 25.6. The number of hydrogen-bond acceptors (Lipinski definition) is 8. The third-order valence-electron chi connectivity index (χ3n) is 5.84. The number of para-hydroxylation sites is 1. The van der Waals surface area contributed by atoms with Crippen LogP contribution in [0.4, 0.5) is 0 Å². The Morgan fingerprint density at radius 1 is 1.10 bits per heavy atom. The van der Waals surface area contributed by atoms with Crippen molar-refractivity contribution in [2.45, 2.75) is 20.0 Å². The largest absolute Gasteiger partial charge is 0.493 e. The van der Waals surface area contributed by atoms with E-state index in [2.05, 4.69) is 52.9 Å². The van der Waals surface area contributed by atoms with Crippen molar-refractivity contribution in [2.75, 3.05) is 13.7 Å². The van der Waals surface area contributed by atoms with Crippen molar-refractivity contribution in [3.05, 3.63) is 83.9 Å². The molecule has 5 aromatic rings. The minimum atomic E-state index is -0.510. The summed E-state index contributed by atoms with van der Waals surface area (Å²) in [5.74, 6) is 0.752. The van der Waals surface area contributed by atoms with Gasteiger partial charge in [-0.25, -0.2) is 9.78 Å². The van der Waals surface area contributed by atoms with E-state index in [0.29, 0.717) is 48.3 Å². The minimum Gasteiger partial charge on any atom is -0.493 e. The van der Waals surface area contributed by atoms with Gasteiger partial charge in [0.25, 0.3) is 5.56 Å². The molecule has 0 unspecified atom stereocenters. The highest BCUT2D eigenvalue weighted by Crippen LogP contribution is 2.42. The Labute approximate surface area is 259 Å². The lowest BCUT2D eigenvalue weighted by molar-refractivity contribution is -0.149. The van der Waals surface area contributed by atoms with Gasteiger partial charge in [-0.2, -0.15) is 9.78 Å². The van der Waals surface area contributed by atoms with E-state index in [1.807, 2.05) is 30.3 Å². The van der Waals surface area contributed by atoms with Gasteiger partial charge >= 0.3 is 5.97 Å². The molecule has 0 aliphatic rings. The van der Waals surface area contributed by atoms with Crippen LogP contribution in [-0.2, 0) is 9.53 Å². The first-order valence-corrected chi connectivity index (χ1v) is 14.7. The molecular weight excluding hydrogens is 726 g/mol. The molecule has 5 rings (SSSR count). The van der Waals surface area contributed by atoms with Crippen LogP contribution >= 0.6 is 47.8 Å². The fourth-order valence-electron chi connectivity index (χ4n) is 4.05. The number of hydrogen-bond donors (Lipinski definition) is 0. The molecule has 0 bridgehead atoms. The number of aromatic nitrogens is 2. The Hall–Kier alpha value is -3.48. The summed E-state index contributed by atoms with van der Waals surface area (Å²) >= 11 is 10.5. The van der Waals surface area contributed by atoms with Crippen molar-refractivity contribution < 1.29 is 23.4 Å². The number of halogens is 3. The van der Waals surface area contributed by atoms with Gasteiger partial charge in [0.1, 0.15) is 5.58 Å². The van der Waals surface area contributed by atoms with Crippen molar-refractivity contribution in [2.24, 2.45) is 5.10 Å². The van der Waals surface area contributed by atoms with E-state index in [4.69, 9.17) is 23.6 Å². The molecule has 0 aliphatic heterocycles. The van der Waals surface area contributed by atoms with Gasteiger partial charge in [-0.05, 0) is 88.2 Å². The van der Waals surface area contributed by atoms with Gasteiger partial charge in [0.15, 0.2) is 23.9 Å².